The van der Waals surface area contributed by atoms with Crippen molar-refractivity contribution in [3.05, 3.63) is 42.7 Å². The molecule has 0 atom stereocenters. The minimum atomic E-state index is -0.167. The second kappa shape index (κ2) is 6.00. The molecule has 8 heteroatoms. The van der Waals surface area contributed by atoms with Gasteiger partial charge in [-0.05, 0) is 24.3 Å². The van der Waals surface area contributed by atoms with Crippen LogP contribution >= 0.6 is 0 Å². The molecule has 0 fully saturated rings. The molecule has 0 spiro atoms. The topological polar surface area (TPSA) is 106 Å². The van der Waals surface area contributed by atoms with Gasteiger partial charge in [-0.3, -0.25) is 14.8 Å². The maximum absolute atomic E-state index is 11.1. The minimum Gasteiger partial charge on any atom is -0.326 e. The summed E-state index contributed by atoms with van der Waals surface area (Å²) in [5.41, 5.74) is 1.67. The molecule has 22 heavy (non-hydrogen) atoms. The number of pyridine rings is 2. The van der Waals surface area contributed by atoms with Crippen molar-refractivity contribution in [1.29, 1.82) is 0 Å². The van der Waals surface area contributed by atoms with Crippen LogP contribution in [0.3, 0.4) is 0 Å². The molecule has 0 unspecified atom stereocenters. The van der Waals surface area contributed by atoms with Crippen LogP contribution in [0.2, 0.25) is 0 Å². The van der Waals surface area contributed by atoms with Gasteiger partial charge in [-0.25, -0.2) is 0 Å². The van der Waals surface area contributed by atoms with Crippen molar-refractivity contribution in [3.63, 3.8) is 0 Å². The molecule has 0 saturated carbocycles. The molecule has 0 aliphatic rings. The lowest BCUT2D eigenvalue weighted by atomic mass is 10.3. The van der Waals surface area contributed by atoms with Gasteiger partial charge in [0.2, 0.25) is 17.6 Å². The standard InChI is InChI=1S/C14H11N7O/c1-9(22)17-10-5-7-16-12(8-10)14-20-18-13(19-21-14)11-4-2-3-6-15-11/h2-8H,1H3,(H,16,17,22). The molecule has 0 radical (unpaired) electrons. The summed E-state index contributed by atoms with van der Waals surface area (Å²) in [6.45, 7) is 1.43. The number of carbonyl (C=O) groups excluding carboxylic acids is 1. The molecule has 0 saturated heterocycles. The highest BCUT2D eigenvalue weighted by Gasteiger charge is 2.09. The van der Waals surface area contributed by atoms with Crippen molar-refractivity contribution >= 4 is 11.6 Å². The number of nitrogens with one attached hydrogen (secondary N) is 1. The van der Waals surface area contributed by atoms with Crippen LogP contribution in [-0.4, -0.2) is 36.3 Å². The normalized spacial score (nSPS) is 10.2. The van der Waals surface area contributed by atoms with Gasteiger partial charge in [0.1, 0.15) is 11.4 Å². The van der Waals surface area contributed by atoms with E-state index in [0.29, 0.717) is 22.9 Å². The predicted molar refractivity (Wildman–Crippen MR) is 78.4 cm³/mol. The third kappa shape index (κ3) is 3.06. The van der Waals surface area contributed by atoms with Gasteiger partial charge < -0.3 is 5.32 Å². The van der Waals surface area contributed by atoms with Crippen LogP contribution in [0.4, 0.5) is 5.69 Å². The van der Waals surface area contributed by atoms with Gasteiger partial charge in [0, 0.05) is 25.0 Å². The van der Waals surface area contributed by atoms with Crippen LogP contribution in [0.15, 0.2) is 42.7 Å². The van der Waals surface area contributed by atoms with Gasteiger partial charge in [0.05, 0.1) is 0 Å². The Morgan fingerprint density at radius 2 is 1.59 bits per heavy atom. The van der Waals surface area contributed by atoms with Crippen molar-refractivity contribution in [3.8, 4) is 23.0 Å². The van der Waals surface area contributed by atoms with Crippen LogP contribution in [0, 0.1) is 0 Å². The summed E-state index contributed by atoms with van der Waals surface area (Å²) >= 11 is 0. The smallest absolute Gasteiger partial charge is 0.222 e. The van der Waals surface area contributed by atoms with Gasteiger partial charge in [-0.2, -0.15) is 0 Å². The fourth-order valence-corrected chi connectivity index (χ4v) is 1.76. The van der Waals surface area contributed by atoms with Crippen LogP contribution in [0.5, 0.6) is 0 Å². The van der Waals surface area contributed by atoms with Gasteiger partial charge in [0.15, 0.2) is 0 Å². The summed E-state index contributed by atoms with van der Waals surface area (Å²) in [5, 5.41) is 18.7. The zero-order chi connectivity index (χ0) is 15.4. The average molecular weight is 293 g/mol. The van der Waals surface area contributed by atoms with Gasteiger partial charge in [-0.15, -0.1) is 20.4 Å². The predicted octanol–water partition coefficient (Wildman–Crippen LogP) is 1.35. The second-order valence-corrected chi connectivity index (χ2v) is 4.37. The van der Waals surface area contributed by atoms with Crippen molar-refractivity contribution < 1.29 is 4.79 Å². The second-order valence-electron chi connectivity index (χ2n) is 4.37. The van der Waals surface area contributed by atoms with Crippen LogP contribution in [0.1, 0.15) is 6.92 Å². The Kier molecular flexibility index (Phi) is 3.73. The summed E-state index contributed by atoms with van der Waals surface area (Å²) in [6, 6.07) is 8.73. The van der Waals surface area contributed by atoms with E-state index in [1.165, 1.54) is 6.92 Å². The quantitative estimate of drug-likeness (QED) is 0.776. The number of aromatic nitrogens is 6. The first-order valence-electron chi connectivity index (χ1n) is 6.45. The summed E-state index contributed by atoms with van der Waals surface area (Å²) in [7, 11) is 0. The molecule has 0 aromatic carbocycles. The lowest BCUT2D eigenvalue weighted by molar-refractivity contribution is -0.114. The zero-order valence-electron chi connectivity index (χ0n) is 11.6. The average Bonchev–Trinajstić information content (AvgIpc) is 2.55. The number of amides is 1. The first-order chi connectivity index (χ1) is 10.7. The molecule has 3 aromatic rings. The summed E-state index contributed by atoms with van der Waals surface area (Å²) in [5.74, 6) is 0.439. The molecule has 0 bridgehead atoms. The van der Waals surface area contributed by atoms with E-state index < -0.39 is 0 Å². The third-order valence-electron chi connectivity index (χ3n) is 2.68. The minimum absolute atomic E-state index is 0.167. The molecule has 0 aliphatic heterocycles. The Morgan fingerprint density at radius 1 is 0.909 bits per heavy atom. The van der Waals surface area contributed by atoms with E-state index in [-0.39, 0.29) is 11.7 Å². The van der Waals surface area contributed by atoms with E-state index in [4.69, 9.17) is 0 Å². The molecular formula is C14H11N7O. The Morgan fingerprint density at radius 3 is 2.23 bits per heavy atom. The SMILES string of the molecule is CC(=O)Nc1ccnc(-c2nnc(-c3ccccn3)nn2)c1. The van der Waals surface area contributed by atoms with Crippen LogP contribution < -0.4 is 5.32 Å². The number of hydrogen-bond donors (Lipinski definition) is 1. The molecule has 3 heterocycles. The van der Waals surface area contributed by atoms with Crippen LogP contribution in [0.25, 0.3) is 23.0 Å². The number of nitrogens with zero attached hydrogens (tertiary/aromatic N) is 6. The molecular weight excluding hydrogens is 282 g/mol. The monoisotopic (exact) mass is 293 g/mol. The summed E-state index contributed by atoms with van der Waals surface area (Å²) in [6.07, 6.45) is 3.20. The molecule has 8 nitrogen and oxygen atoms in total. The maximum atomic E-state index is 11.1. The maximum Gasteiger partial charge on any atom is 0.222 e. The van der Waals surface area contributed by atoms with E-state index in [2.05, 4.69) is 35.7 Å². The Labute approximate surface area is 125 Å². The first kappa shape index (κ1) is 13.7. The van der Waals surface area contributed by atoms with E-state index in [1.54, 1.807) is 36.7 Å². The van der Waals surface area contributed by atoms with Gasteiger partial charge in [-0.1, -0.05) is 6.07 Å². The van der Waals surface area contributed by atoms with Crippen LogP contribution in [-0.2, 0) is 4.79 Å². The number of hydrogen-bond acceptors (Lipinski definition) is 7. The van der Waals surface area contributed by atoms with Gasteiger partial charge in [0.25, 0.3) is 0 Å². The summed E-state index contributed by atoms with van der Waals surface area (Å²) in [4.78, 5) is 19.3. The lowest BCUT2D eigenvalue weighted by Gasteiger charge is -2.03. The Bertz CT molecular complexity index is 790. The highest BCUT2D eigenvalue weighted by molar-refractivity contribution is 5.89. The Hall–Kier alpha value is -3.29. The van der Waals surface area contributed by atoms with E-state index in [1.807, 2.05) is 6.07 Å². The molecule has 1 amide bonds. The lowest BCUT2D eigenvalue weighted by Crippen LogP contribution is -2.06. The molecule has 108 valence electrons. The fourth-order valence-electron chi connectivity index (χ4n) is 1.76. The van der Waals surface area contributed by atoms with Crippen molar-refractivity contribution in [2.45, 2.75) is 6.92 Å². The third-order valence-corrected chi connectivity index (χ3v) is 2.68. The summed E-state index contributed by atoms with van der Waals surface area (Å²) < 4.78 is 0. The number of anilines is 1. The molecule has 3 aromatic heterocycles. The van der Waals surface area contributed by atoms with E-state index in [9.17, 15) is 4.79 Å². The van der Waals surface area contributed by atoms with Gasteiger partial charge >= 0.3 is 0 Å². The highest BCUT2D eigenvalue weighted by atomic mass is 16.1. The van der Waals surface area contributed by atoms with E-state index in [0.717, 1.165) is 0 Å². The Balaban J connectivity index is 1.88. The molecule has 0 aliphatic carbocycles. The van der Waals surface area contributed by atoms with E-state index >= 15 is 0 Å². The largest absolute Gasteiger partial charge is 0.326 e. The highest BCUT2D eigenvalue weighted by Crippen LogP contribution is 2.16. The van der Waals surface area contributed by atoms with Crippen molar-refractivity contribution in [2.75, 3.05) is 5.32 Å². The van der Waals surface area contributed by atoms with Crippen molar-refractivity contribution in [2.24, 2.45) is 0 Å². The fraction of sp³-hybridized carbons (Fsp3) is 0.0714. The first-order valence-corrected chi connectivity index (χ1v) is 6.45. The molecule has 1 N–H and O–H groups in total. The number of rotatable bonds is 3. The zero-order valence-corrected chi connectivity index (χ0v) is 11.6. The van der Waals surface area contributed by atoms with Crippen molar-refractivity contribution in [1.82, 2.24) is 30.4 Å². The molecule has 3 rings (SSSR count). The number of carbonyl (C=O) groups is 1.